The molecule has 1 aromatic heterocycles. The number of benzene rings is 1. The molecule has 0 aliphatic rings. The van der Waals surface area contributed by atoms with E-state index in [9.17, 15) is 4.79 Å². The normalized spacial score (nSPS) is 11.9. The Balaban J connectivity index is 1.97. The van der Waals surface area contributed by atoms with E-state index in [0.717, 1.165) is 11.1 Å². The number of rotatable bonds is 7. The Morgan fingerprint density at radius 2 is 2.00 bits per heavy atom. The molecule has 0 aliphatic carbocycles. The van der Waals surface area contributed by atoms with Gasteiger partial charge in [0, 0.05) is 12.1 Å². The Morgan fingerprint density at radius 3 is 2.62 bits per heavy atom. The lowest BCUT2D eigenvalue weighted by atomic mass is 9.93. The Morgan fingerprint density at radius 1 is 1.24 bits per heavy atom. The molecule has 0 saturated heterocycles. The first-order chi connectivity index (χ1) is 10.2. The predicted molar refractivity (Wildman–Crippen MR) is 86.0 cm³/mol. The minimum absolute atomic E-state index is 0.237. The summed E-state index contributed by atoms with van der Waals surface area (Å²) in [5, 5.41) is 12.2. The molecule has 2 aromatic rings. The zero-order valence-corrected chi connectivity index (χ0v) is 12.9. The monoisotopic (exact) mass is 301 g/mol. The van der Waals surface area contributed by atoms with Crippen molar-refractivity contribution in [2.75, 3.05) is 7.11 Å². The van der Waals surface area contributed by atoms with E-state index in [1.807, 2.05) is 47.2 Å². The van der Waals surface area contributed by atoms with Gasteiger partial charge in [0.25, 0.3) is 0 Å². The summed E-state index contributed by atoms with van der Waals surface area (Å²) in [6, 6.07) is 11.9. The van der Waals surface area contributed by atoms with Crippen LogP contribution in [0.5, 0.6) is 0 Å². The smallest absolute Gasteiger partial charge is 0.309 e. The van der Waals surface area contributed by atoms with Gasteiger partial charge in [0.2, 0.25) is 0 Å². The van der Waals surface area contributed by atoms with Crippen molar-refractivity contribution < 1.29 is 9.53 Å². The summed E-state index contributed by atoms with van der Waals surface area (Å²) >= 11 is 1.62. The Labute approximate surface area is 129 Å². The predicted octanol–water partition coefficient (Wildman–Crippen LogP) is 3.73. The molecule has 1 aromatic carbocycles. The lowest BCUT2D eigenvalue weighted by molar-refractivity contribution is -0.145. The Bertz CT molecular complexity index is 578. The molecule has 0 radical (unpaired) electrons. The van der Waals surface area contributed by atoms with Crippen molar-refractivity contribution in [1.82, 2.24) is 0 Å². The fraction of sp³-hybridized carbons (Fsp3) is 0.294. The van der Waals surface area contributed by atoms with E-state index >= 15 is 0 Å². The number of hydrogen-bond donors (Lipinski definition) is 1. The average Bonchev–Trinajstić information content (AvgIpc) is 2.99. The van der Waals surface area contributed by atoms with Gasteiger partial charge in [-0.05, 0) is 40.8 Å². The van der Waals surface area contributed by atoms with Crippen LogP contribution in [0.3, 0.4) is 0 Å². The van der Waals surface area contributed by atoms with Crippen molar-refractivity contribution in [2.24, 2.45) is 5.92 Å². The molecule has 0 spiro atoms. The molecule has 1 atom stereocenters. The maximum absolute atomic E-state index is 11.9. The largest absolute Gasteiger partial charge is 0.469 e. The number of methoxy groups -OCH3 is 1. The third-order valence-corrected chi connectivity index (χ3v) is 4.08. The third-order valence-electron chi connectivity index (χ3n) is 3.35. The molecule has 4 heteroatoms. The number of carbonyl (C=O) groups excluding carboxylic acids is 1. The van der Waals surface area contributed by atoms with Crippen molar-refractivity contribution in [1.29, 1.82) is 5.41 Å². The molecule has 0 saturated carbocycles. The van der Waals surface area contributed by atoms with Gasteiger partial charge in [-0.2, -0.15) is 11.3 Å². The van der Waals surface area contributed by atoms with Gasteiger partial charge >= 0.3 is 5.97 Å². The summed E-state index contributed by atoms with van der Waals surface area (Å²) in [4.78, 5) is 11.9. The van der Waals surface area contributed by atoms with Crippen molar-refractivity contribution in [3.8, 4) is 0 Å². The van der Waals surface area contributed by atoms with Gasteiger partial charge in [-0.3, -0.25) is 4.79 Å². The van der Waals surface area contributed by atoms with E-state index in [1.54, 1.807) is 11.3 Å². The quantitative estimate of drug-likeness (QED) is 0.625. The lowest BCUT2D eigenvalue weighted by Gasteiger charge is -2.14. The minimum atomic E-state index is -0.277. The number of ether oxygens (including phenoxy) is 1. The van der Waals surface area contributed by atoms with Crippen LogP contribution in [-0.2, 0) is 22.4 Å². The van der Waals surface area contributed by atoms with Crippen LogP contribution < -0.4 is 0 Å². The van der Waals surface area contributed by atoms with E-state index in [4.69, 9.17) is 10.1 Å². The van der Waals surface area contributed by atoms with Crippen LogP contribution in [0.4, 0.5) is 0 Å². The van der Waals surface area contributed by atoms with E-state index in [2.05, 4.69) is 0 Å². The first-order valence-corrected chi connectivity index (χ1v) is 7.82. The first kappa shape index (κ1) is 15.4. The molecule has 21 heavy (non-hydrogen) atoms. The molecule has 0 aliphatic heterocycles. The van der Waals surface area contributed by atoms with Gasteiger partial charge in [-0.1, -0.05) is 30.3 Å². The summed E-state index contributed by atoms with van der Waals surface area (Å²) in [7, 11) is 1.41. The number of nitrogens with one attached hydrogen (secondary N) is 1. The van der Waals surface area contributed by atoms with Gasteiger partial charge in [0.05, 0.1) is 13.0 Å². The van der Waals surface area contributed by atoms with Crippen LogP contribution in [-0.4, -0.2) is 18.8 Å². The molecule has 1 N–H and O–H groups in total. The molecule has 1 heterocycles. The second-order valence-corrected chi connectivity index (χ2v) is 5.81. The van der Waals surface area contributed by atoms with E-state index < -0.39 is 0 Å². The highest BCUT2D eigenvalue weighted by molar-refractivity contribution is 7.07. The van der Waals surface area contributed by atoms with Crippen molar-refractivity contribution in [3.63, 3.8) is 0 Å². The molecule has 3 nitrogen and oxygen atoms in total. The second kappa shape index (κ2) is 7.74. The van der Waals surface area contributed by atoms with Gasteiger partial charge in [0.1, 0.15) is 0 Å². The van der Waals surface area contributed by atoms with E-state index in [-0.39, 0.29) is 11.9 Å². The van der Waals surface area contributed by atoms with Crippen LogP contribution in [0.15, 0.2) is 47.2 Å². The Hall–Kier alpha value is -1.94. The summed E-state index contributed by atoms with van der Waals surface area (Å²) in [6.45, 7) is 0. The van der Waals surface area contributed by atoms with Crippen molar-refractivity contribution >= 4 is 23.0 Å². The van der Waals surface area contributed by atoms with Gasteiger partial charge in [0.15, 0.2) is 0 Å². The zero-order valence-electron chi connectivity index (χ0n) is 12.0. The summed E-state index contributed by atoms with van der Waals surface area (Å²) < 4.78 is 4.88. The highest BCUT2D eigenvalue weighted by atomic mass is 32.1. The topological polar surface area (TPSA) is 50.2 Å². The molecule has 0 bridgehead atoms. The lowest BCUT2D eigenvalue weighted by Crippen LogP contribution is -2.22. The molecule has 2 rings (SSSR count). The van der Waals surface area contributed by atoms with Crippen LogP contribution in [0.25, 0.3) is 0 Å². The van der Waals surface area contributed by atoms with Crippen molar-refractivity contribution in [3.05, 3.63) is 58.3 Å². The van der Waals surface area contributed by atoms with E-state index in [1.165, 1.54) is 7.11 Å². The fourth-order valence-electron chi connectivity index (χ4n) is 2.31. The average molecular weight is 301 g/mol. The number of carbonyl (C=O) groups is 1. The maximum Gasteiger partial charge on any atom is 0.309 e. The summed E-state index contributed by atoms with van der Waals surface area (Å²) in [5.41, 5.74) is 2.79. The standard InChI is InChI=1S/C17H19NO2S/c1-20-17(19)15(9-14-7-8-21-12-14)11-16(18)10-13-5-3-2-4-6-13/h2-8,12,15,18H,9-11H2,1H3. The van der Waals surface area contributed by atoms with Crippen LogP contribution in [0, 0.1) is 11.3 Å². The van der Waals surface area contributed by atoms with Gasteiger partial charge in [-0.15, -0.1) is 0 Å². The van der Waals surface area contributed by atoms with Crippen molar-refractivity contribution in [2.45, 2.75) is 19.3 Å². The zero-order chi connectivity index (χ0) is 15.1. The fourth-order valence-corrected chi connectivity index (χ4v) is 2.99. The first-order valence-electron chi connectivity index (χ1n) is 6.88. The molecular formula is C17H19NO2S. The molecule has 1 unspecified atom stereocenters. The summed E-state index contributed by atoms with van der Waals surface area (Å²) in [6.07, 6.45) is 1.66. The van der Waals surface area contributed by atoms with E-state index in [0.29, 0.717) is 25.0 Å². The number of esters is 1. The van der Waals surface area contributed by atoms with Gasteiger partial charge < -0.3 is 10.1 Å². The number of thiophene rings is 1. The van der Waals surface area contributed by atoms with Crippen LogP contribution in [0.1, 0.15) is 17.5 Å². The Kier molecular flexibility index (Phi) is 5.69. The highest BCUT2D eigenvalue weighted by Crippen LogP contribution is 2.18. The molecular weight excluding hydrogens is 282 g/mol. The van der Waals surface area contributed by atoms with Gasteiger partial charge in [-0.25, -0.2) is 0 Å². The maximum atomic E-state index is 11.9. The number of hydrogen-bond acceptors (Lipinski definition) is 4. The minimum Gasteiger partial charge on any atom is -0.469 e. The van der Waals surface area contributed by atoms with Crippen LogP contribution >= 0.6 is 11.3 Å². The highest BCUT2D eigenvalue weighted by Gasteiger charge is 2.21. The third kappa shape index (κ3) is 4.83. The summed E-state index contributed by atoms with van der Waals surface area (Å²) in [5.74, 6) is -0.514. The van der Waals surface area contributed by atoms with Crippen LogP contribution in [0.2, 0.25) is 0 Å². The second-order valence-electron chi connectivity index (χ2n) is 5.03. The SMILES string of the molecule is COC(=O)C(CC(=N)Cc1ccccc1)Cc1ccsc1. The molecule has 110 valence electrons. The molecule has 0 amide bonds. The molecule has 0 fully saturated rings.